The normalized spacial score (nSPS) is 17.8. The average molecular weight is 645 g/mol. The highest BCUT2D eigenvalue weighted by atomic mass is 32.1. The van der Waals surface area contributed by atoms with Crippen LogP contribution in [-0.4, -0.2) is 23.4 Å². The number of alkyl halides is 4. The minimum absolute atomic E-state index is 0.230. The lowest BCUT2D eigenvalue weighted by Gasteiger charge is -2.38. The van der Waals surface area contributed by atoms with Crippen molar-refractivity contribution in [3.05, 3.63) is 80.1 Å². The number of aryl methyl sites for hydroxylation is 4. The molecule has 0 saturated heterocycles. The Morgan fingerprint density at radius 1 is 0.659 bits per heavy atom. The lowest BCUT2D eigenvalue weighted by Crippen LogP contribution is -2.53. The highest BCUT2D eigenvalue weighted by molar-refractivity contribution is 7.80. The maximum atomic E-state index is 16.4. The molecule has 0 saturated carbocycles. The molecule has 4 aromatic rings. The van der Waals surface area contributed by atoms with Crippen molar-refractivity contribution < 1.29 is 26.3 Å². The van der Waals surface area contributed by atoms with E-state index in [4.69, 9.17) is 0 Å². The van der Waals surface area contributed by atoms with E-state index in [0.717, 1.165) is 83.8 Å². The third-order valence-corrected chi connectivity index (χ3v) is 10.8. The van der Waals surface area contributed by atoms with Gasteiger partial charge in [-0.2, -0.15) is 42.8 Å². The third-order valence-electron chi connectivity index (χ3n) is 8.02. The first-order valence-corrected chi connectivity index (χ1v) is 16.4. The number of unbranched alkanes of at least 4 members (excludes halogenated alkanes) is 2. The summed E-state index contributed by atoms with van der Waals surface area (Å²) in [4.78, 5) is 0.491. The molecule has 10 heteroatoms. The Balaban J connectivity index is 1.80. The van der Waals surface area contributed by atoms with Crippen molar-refractivity contribution in [2.24, 2.45) is 0 Å². The minimum atomic E-state index is -5.32. The van der Waals surface area contributed by atoms with Gasteiger partial charge in [0.05, 0.1) is 0 Å². The standard InChI is InChI=1S/C31H30F6S4/c1-17-25(21-11-9-19(7-3-5-13-38)15-23(21)40-17)29(27(32)28(33)30(34,35)31(29,36)37)26-18(2)41-24-16-20(8-4-6-14-39)10-12-22(24)26/h9-12,15-16,38-39H,3-8,13-14H2,1-2H3. The van der Waals surface area contributed by atoms with Crippen LogP contribution in [0.3, 0.4) is 0 Å². The maximum Gasteiger partial charge on any atom is 0.365 e. The summed E-state index contributed by atoms with van der Waals surface area (Å²) >= 11 is 10.7. The van der Waals surface area contributed by atoms with Crippen molar-refractivity contribution in [2.45, 2.75) is 69.6 Å². The second-order valence-electron chi connectivity index (χ2n) is 10.6. The maximum absolute atomic E-state index is 16.4. The first-order valence-electron chi connectivity index (χ1n) is 13.5. The van der Waals surface area contributed by atoms with Crippen LogP contribution < -0.4 is 0 Å². The van der Waals surface area contributed by atoms with E-state index in [2.05, 4.69) is 25.3 Å². The van der Waals surface area contributed by atoms with Gasteiger partial charge in [-0.25, -0.2) is 8.78 Å². The zero-order chi connectivity index (χ0) is 29.7. The molecule has 2 aromatic carbocycles. The van der Waals surface area contributed by atoms with Gasteiger partial charge in [0.2, 0.25) is 5.83 Å². The number of fused-ring (bicyclic) bond motifs is 2. The second kappa shape index (κ2) is 11.5. The van der Waals surface area contributed by atoms with Crippen LogP contribution in [0, 0.1) is 13.8 Å². The quantitative estimate of drug-likeness (QED) is 0.0958. The topological polar surface area (TPSA) is 0 Å². The Bertz CT molecular complexity index is 1540. The molecule has 1 aliphatic carbocycles. The average Bonchev–Trinajstić information content (AvgIpc) is 3.46. The van der Waals surface area contributed by atoms with Crippen molar-refractivity contribution in [3.8, 4) is 0 Å². The molecule has 0 spiro atoms. The number of halogens is 6. The van der Waals surface area contributed by atoms with E-state index >= 15 is 26.3 Å². The number of allylic oxidation sites excluding steroid dienone is 2. The molecule has 0 unspecified atom stereocenters. The third kappa shape index (κ3) is 4.66. The smallest absolute Gasteiger partial charge is 0.207 e. The molecule has 1 aliphatic rings. The Morgan fingerprint density at radius 2 is 1.10 bits per heavy atom. The molecule has 2 heterocycles. The Morgan fingerprint density at radius 3 is 1.46 bits per heavy atom. The van der Waals surface area contributed by atoms with Crippen LogP contribution in [0.15, 0.2) is 48.1 Å². The van der Waals surface area contributed by atoms with Gasteiger partial charge in [-0.15, -0.1) is 22.7 Å². The summed E-state index contributed by atoms with van der Waals surface area (Å²) in [7, 11) is 0. The van der Waals surface area contributed by atoms with Crippen molar-refractivity contribution in [1.29, 1.82) is 0 Å². The van der Waals surface area contributed by atoms with Crippen LogP contribution in [0.2, 0.25) is 0 Å². The largest absolute Gasteiger partial charge is 0.365 e. The summed E-state index contributed by atoms with van der Waals surface area (Å²) in [5.74, 6) is -13.8. The van der Waals surface area contributed by atoms with E-state index in [1.807, 2.05) is 12.1 Å². The zero-order valence-corrected chi connectivity index (χ0v) is 26.0. The molecule has 0 bridgehead atoms. The molecule has 0 fully saturated rings. The van der Waals surface area contributed by atoms with Crippen molar-refractivity contribution >= 4 is 68.1 Å². The number of thiol groups is 2. The van der Waals surface area contributed by atoms with Gasteiger partial charge in [0.15, 0.2) is 5.83 Å². The second-order valence-corrected chi connectivity index (χ2v) is 14.0. The van der Waals surface area contributed by atoms with Crippen LogP contribution in [0.4, 0.5) is 26.3 Å². The van der Waals surface area contributed by atoms with Gasteiger partial charge >= 0.3 is 11.8 Å². The number of hydrogen-bond donors (Lipinski definition) is 2. The SMILES string of the molecule is Cc1sc2cc(CCCCS)ccc2c1C1(c2c(C)sc3cc(CCCCS)ccc23)C(F)=C(F)C(F)(F)C1(F)F. The highest BCUT2D eigenvalue weighted by Gasteiger charge is 2.81. The Kier molecular flexibility index (Phi) is 8.62. The van der Waals surface area contributed by atoms with E-state index in [1.165, 1.54) is 13.8 Å². The summed E-state index contributed by atoms with van der Waals surface area (Å²) in [6.45, 7) is 3.03. The van der Waals surface area contributed by atoms with Crippen molar-refractivity contribution in [3.63, 3.8) is 0 Å². The lowest BCUT2D eigenvalue weighted by molar-refractivity contribution is -0.204. The molecule has 2 aromatic heterocycles. The molecule has 0 atom stereocenters. The first-order chi connectivity index (χ1) is 19.4. The molecule has 0 N–H and O–H groups in total. The predicted molar refractivity (Wildman–Crippen MR) is 167 cm³/mol. The van der Waals surface area contributed by atoms with Gasteiger partial charge in [0.25, 0.3) is 0 Å². The summed E-state index contributed by atoms with van der Waals surface area (Å²) < 4.78 is 95.6. The van der Waals surface area contributed by atoms with Crippen molar-refractivity contribution in [1.82, 2.24) is 0 Å². The van der Waals surface area contributed by atoms with Gasteiger partial charge in [0.1, 0.15) is 5.41 Å². The van der Waals surface area contributed by atoms with Crippen LogP contribution >= 0.6 is 47.9 Å². The minimum Gasteiger partial charge on any atom is -0.207 e. The fraction of sp³-hybridized carbons (Fsp3) is 0.419. The first kappa shape index (κ1) is 30.8. The summed E-state index contributed by atoms with van der Waals surface area (Å²) in [6.07, 6.45) is 5.01. The molecule has 5 rings (SSSR count). The summed E-state index contributed by atoms with van der Waals surface area (Å²) in [5.41, 5.74) is -2.01. The van der Waals surface area contributed by atoms with Gasteiger partial charge in [-0.1, -0.05) is 24.3 Å². The van der Waals surface area contributed by atoms with E-state index in [-0.39, 0.29) is 31.7 Å². The van der Waals surface area contributed by atoms with E-state index in [0.29, 0.717) is 9.40 Å². The van der Waals surface area contributed by atoms with E-state index < -0.39 is 28.9 Å². The number of thiophene rings is 2. The van der Waals surface area contributed by atoms with Gasteiger partial charge in [-0.05, 0) is 109 Å². The summed E-state index contributed by atoms with van der Waals surface area (Å²) in [6, 6.07) is 10.4. The molecular formula is C31H30F6S4. The summed E-state index contributed by atoms with van der Waals surface area (Å²) in [5, 5.41) is 0.459. The molecule has 0 radical (unpaired) electrons. The molecule has 0 nitrogen and oxygen atoms in total. The fourth-order valence-electron chi connectivity index (χ4n) is 6.12. The number of rotatable bonds is 10. The predicted octanol–water partition coefficient (Wildman–Crippen LogP) is 11.0. The monoisotopic (exact) mass is 644 g/mol. The molecular weight excluding hydrogens is 615 g/mol. The molecule has 220 valence electrons. The van der Waals surface area contributed by atoms with Crippen LogP contribution in [0.1, 0.15) is 57.7 Å². The van der Waals surface area contributed by atoms with Gasteiger partial charge in [-0.3, -0.25) is 0 Å². The van der Waals surface area contributed by atoms with Crippen LogP contribution in [-0.2, 0) is 18.3 Å². The van der Waals surface area contributed by atoms with E-state index in [9.17, 15) is 0 Å². The highest BCUT2D eigenvalue weighted by Crippen LogP contribution is 2.68. The van der Waals surface area contributed by atoms with Gasteiger partial charge < -0.3 is 0 Å². The van der Waals surface area contributed by atoms with E-state index in [1.54, 1.807) is 24.3 Å². The Hall–Kier alpha value is -1.62. The van der Waals surface area contributed by atoms with Crippen LogP contribution in [0.25, 0.3) is 20.2 Å². The molecule has 0 aliphatic heterocycles. The molecule has 0 amide bonds. The number of hydrogen-bond acceptors (Lipinski definition) is 4. The zero-order valence-electron chi connectivity index (χ0n) is 22.6. The van der Waals surface area contributed by atoms with Crippen LogP contribution in [0.5, 0.6) is 0 Å². The molecule has 41 heavy (non-hydrogen) atoms. The Labute approximate surface area is 254 Å². The van der Waals surface area contributed by atoms with Gasteiger partial charge in [0, 0.05) is 19.2 Å². The fourth-order valence-corrected chi connectivity index (χ4v) is 8.94. The van der Waals surface area contributed by atoms with Crippen molar-refractivity contribution in [2.75, 3.05) is 11.5 Å². The number of benzene rings is 2. The lowest BCUT2D eigenvalue weighted by atomic mass is 9.68.